The minimum atomic E-state index is 0.516. The molecule has 0 N–H and O–H groups in total. The zero-order valence-corrected chi connectivity index (χ0v) is 27.0. The Morgan fingerprint density at radius 2 is 0.843 bits per heavy atom. The number of hydrogen-bond donors (Lipinski definition) is 0. The summed E-state index contributed by atoms with van der Waals surface area (Å²) < 4.78 is 19.4. The molecule has 0 atom stereocenters. The SMILES string of the molecule is c1ccc(-c2nc(-c3cccc4c3oc3ccccc34)nc(-c3cccc4c3oc3cccc(-c5ccc6c(c5)oc5ccccc56)c34)n2)cc1. The molecule has 0 aliphatic heterocycles. The van der Waals surface area contributed by atoms with Crippen molar-refractivity contribution in [1.82, 2.24) is 15.0 Å². The number of para-hydroxylation sites is 4. The molecule has 0 aliphatic rings. The van der Waals surface area contributed by atoms with Crippen LogP contribution in [0.4, 0.5) is 0 Å². The molecule has 0 radical (unpaired) electrons. The Morgan fingerprint density at radius 3 is 1.63 bits per heavy atom. The maximum absolute atomic E-state index is 6.69. The fourth-order valence-electron chi connectivity index (χ4n) is 7.41. The predicted molar refractivity (Wildman–Crippen MR) is 203 cm³/mol. The second-order valence-corrected chi connectivity index (χ2v) is 12.7. The van der Waals surface area contributed by atoms with E-state index in [2.05, 4.69) is 48.5 Å². The van der Waals surface area contributed by atoms with E-state index < -0.39 is 0 Å². The first kappa shape index (κ1) is 27.9. The highest BCUT2D eigenvalue weighted by Crippen LogP contribution is 2.42. The summed E-state index contributed by atoms with van der Waals surface area (Å²) in [6.07, 6.45) is 0. The van der Waals surface area contributed by atoms with Gasteiger partial charge >= 0.3 is 0 Å². The summed E-state index contributed by atoms with van der Waals surface area (Å²) in [7, 11) is 0. The Hall–Kier alpha value is -7.05. The number of benzene rings is 7. The van der Waals surface area contributed by atoms with Gasteiger partial charge in [0.25, 0.3) is 0 Å². The fourth-order valence-corrected chi connectivity index (χ4v) is 7.41. The topological polar surface area (TPSA) is 78.1 Å². The Labute approximate surface area is 290 Å². The van der Waals surface area contributed by atoms with Crippen LogP contribution in [0.5, 0.6) is 0 Å². The first-order chi connectivity index (χ1) is 25.3. The molecule has 0 bridgehead atoms. The van der Waals surface area contributed by atoms with Gasteiger partial charge in [-0.05, 0) is 53.6 Å². The number of nitrogens with zero attached hydrogens (tertiary/aromatic N) is 3. The van der Waals surface area contributed by atoms with Gasteiger partial charge in [0.05, 0.1) is 11.1 Å². The molecule has 11 rings (SSSR count). The van der Waals surface area contributed by atoms with Crippen molar-refractivity contribution in [2.45, 2.75) is 0 Å². The number of fused-ring (bicyclic) bond motifs is 9. The largest absolute Gasteiger partial charge is 0.456 e. The fraction of sp³-hybridized carbons (Fsp3) is 0. The van der Waals surface area contributed by atoms with Gasteiger partial charge in [0, 0.05) is 37.9 Å². The quantitative estimate of drug-likeness (QED) is 0.188. The summed E-state index contributed by atoms with van der Waals surface area (Å²) in [5, 5.41) is 6.27. The molecule has 11 aromatic rings. The Balaban J connectivity index is 1.13. The summed E-state index contributed by atoms with van der Waals surface area (Å²) in [6.45, 7) is 0. The van der Waals surface area contributed by atoms with E-state index in [0.717, 1.165) is 88.0 Å². The van der Waals surface area contributed by atoms with Gasteiger partial charge in [-0.25, -0.2) is 15.0 Å². The molecule has 0 unspecified atom stereocenters. The van der Waals surface area contributed by atoms with Gasteiger partial charge in [0.1, 0.15) is 33.5 Å². The van der Waals surface area contributed by atoms with Crippen molar-refractivity contribution in [2.24, 2.45) is 0 Å². The van der Waals surface area contributed by atoms with Gasteiger partial charge in [0.2, 0.25) is 0 Å². The highest BCUT2D eigenvalue weighted by Gasteiger charge is 2.21. The average molecular weight is 656 g/mol. The van der Waals surface area contributed by atoms with Crippen LogP contribution in [0, 0.1) is 0 Å². The van der Waals surface area contributed by atoms with Gasteiger partial charge in [-0.2, -0.15) is 0 Å². The summed E-state index contributed by atoms with van der Waals surface area (Å²) in [6, 6.07) is 51.1. The third-order valence-corrected chi connectivity index (χ3v) is 9.77. The van der Waals surface area contributed by atoms with E-state index in [1.807, 2.05) is 103 Å². The summed E-state index contributed by atoms with van der Waals surface area (Å²) in [5.41, 5.74) is 9.35. The summed E-state index contributed by atoms with van der Waals surface area (Å²) >= 11 is 0. The Morgan fingerprint density at radius 1 is 0.314 bits per heavy atom. The molecule has 4 heterocycles. The van der Waals surface area contributed by atoms with Gasteiger partial charge < -0.3 is 13.3 Å². The van der Waals surface area contributed by atoms with Gasteiger partial charge in [0.15, 0.2) is 17.5 Å². The van der Waals surface area contributed by atoms with Crippen molar-refractivity contribution in [3.8, 4) is 45.3 Å². The lowest BCUT2D eigenvalue weighted by Gasteiger charge is -2.09. The van der Waals surface area contributed by atoms with Crippen molar-refractivity contribution < 1.29 is 13.3 Å². The molecule has 51 heavy (non-hydrogen) atoms. The van der Waals surface area contributed by atoms with Crippen molar-refractivity contribution in [2.75, 3.05) is 0 Å². The van der Waals surface area contributed by atoms with Crippen molar-refractivity contribution in [1.29, 1.82) is 0 Å². The molecule has 0 spiro atoms. The standard InChI is InChI=1S/C45H25N3O3/c1-2-11-26(12-3-1)43-46-44(34-18-8-16-32-30-14-5-7-21-37(30)50-41(32)34)48-45(47-43)35-19-9-17-33-40-28(15-10-22-38(40)51-42(33)35)27-23-24-31-29-13-4-6-20-36(29)49-39(31)25-27/h1-25H. The molecule has 0 fully saturated rings. The highest BCUT2D eigenvalue weighted by molar-refractivity contribution is 6.16. The normalized spacial score (nSPS) is 11.9. The lowest BCUT2D eigenvalue weighted by atomic mass is 9.97. The third-order valence-electron chi connectivity index (χ3n) is 9.77. The molecule has 7 aromatic carbocycles. The van der Waals surface area contributed by atoms with Crippen LogP contribution in [0.1, 0.15) is 0 Å². The van der Waals surface area contributed by atoms with Crippen LogP contribution in [-0.2, 0) is 0 Å². The summed E-state index contributed by atoms with van der Waals surface area (Å²) in [5.74, 6) is 1.61. The van der Waals surface area contributed by atoms with Crippen LogP contribution >= 0.6 is 0 Å². The Kier molecular flexibility index (Phi) is 5.86. The van der Waals surface area contributed by atoms with Gasteiger partial charge in [-0.15, -0.1) is 0 Å². The van der Waals surface area contributed by atoms with Crippen LogP contribution in [0.15, 0.2) is 165 Å². The first-order valence-electron chi connectivity index (χ1n) is 16.9. The molecule has 0 amide bonds. The van der Waals surface area contributed by atoms with E-state index in [4.69, 9.17) is 28.2 Å². The van der Waals surface area contributed by atoms with Crippen LogP contribution in [-0.4, -0.2) is 15.0 Å². The van der Waals surface area contributed by atoms with Gasteiger partial charge in [-0.1, -0.05) is 109 Å². The maximum Gasteiger partial charge on any atom is 0.167 e. The van der Waals surface area contributed by atoms with Crippen LogP contribution in [0.2, 0.25) is 0 Å². The summed E-state index contributed by atoms with van der Waals surface area (Å²) in [4.78, 5) is 15.2. The van der Waals surface area contributed by atoms with Gasteiger partial charge in [-0.3, -0.25) is 0 Å². The van der Waals surface area contributed by atoms with E-state index in [1.165, 1.54) is 0 Å². The second-order valence-electron chi connectivity index (χ2n) is 12.7. The molecule has 6 heteroatoms. The van der Waals surface area contributed by atoms with Crippen molar-refractivity contribution in [3.63, 3.8) is 0 Å². The number of furan rings is 3. The maximum atomic E-state index is 6.69. The molecule has 4 aromatic heterocycles. The molecule has 6 nitrogen and oxygen atoms in total. The minimum Gasteiger partial charge on any atom is -0.456 e. The van der Waals surface area contributed by atoms with Crippen LogP contribution < -0.4 is 0 Å². The molecule has 238 valence electrons. The van der Waals surface area contributed by atoms with E-state index in [-0.39, 0.29) is 0 Å². The van der Waals surface area contributed by atoms with E-state index in [9.17, 15) is 0 Å². The molecular weight excluding hydrogens is 631 g/mol. The molecule has 0 saturated heterocycles. The van der Waals surface area contributed by atoms with Crippen molar-refractivity contribution >= 4 is 65.8 Å². The third kappa shape index (κ3) is 4.26. The average Bonchev–Trinajstić information content (AvgIpc) is 3.89. The van der Waals surface area contributed by atoms with Crippen molar-refractivity contribution in [3.05, 3.63) is 152 Å². The lowest BCUT2D eigenvalue weighted by molar-refractivity contribution is 0.668. The minimum absolute atomic E-state index is 0.516. The Bertz CT molecular complexity index is 3150. The molecule has 0 aliphatic carbocycles. The smallest absolute Gasteiger partial charge is 0.167 e. The molecule has 0 saturated carbocycles. The van der Waals surface area contributed by atoms with E-state index in [1.54, 1.807) is 0 Å². The number of aromatic nitrogens is 3. The van der Waals surface area contributed by atoms with E-state index >= 15 is 0 Å². The first-order valence-corrected chi connectivity index (χ1v) is 16.9. The van der Waals surface area contributed by atoms with Crippen LogP contribution in [0.3, 0.4) is 0 Å². The molecular formula is C45H25N3O3. The lowest BCUT2D eigenvalue weighted by Crippen LogP contribution is -2.00. The van der Waals surface area contributed by atoms with Crippen LogP contribution in [0.25, 0.3) is 111 Å². The highest BCUT2D eigenvalue weighted by atomic mass is 16.3. The second kappa shape index (κ2) is 10.7. The zero-order valence-electron chi connectivity index (χ0n) is 27.0. The number of rotatable bonds is 4. The van der Waals surface area contributed by atoms with E-state index in [0.29, 0.717) is 23.1 Å². The zero-order chi connectivity index (χ0) is 33.5. The monoisotopic (exact) mass is 655 g/mol. The number of hydrogen-bond acceptors (Lipinski definition) is 6. The predicted octanol–water partition coefficient (Wildman–Crippen LogP) is 12.2.